The Balaban J connectivity index is 1.70. The maximum atomic E-state index is 5.47. The fourth-order valence-electron chi connectivity index (χ4n) is 3.53. The van der Waals surface area contributed by atoms with Crippen LogP contribution in [0.3, 0.4) is 0 Å². The van der Waals surface area contributed by atoms with Gasteiger partial charge in [0.15, 0.2) is 11.5 Å². The second-order valence-corrected chi connectivity index (χ2v) is 7.24. The molecule has 0 fully saturated rings. The molecule has 0 aliphatic heterocycles. The Kier molecular flexibility index (Phi) is 5.27. The number of aryl methyl sites for hydroxylation is 2. The molecule has 7 nitrogen and oxygen atoms in total. The summed E-state index contributed by atoms with van der Waals surface area (Å²) in [6.45, 7) is 4.00. The molecule has 0 aliphatic carbocycles. The molecule has 2 aromatic carbocycles. The molecule has 2 heterocycles. The van der Waals surface area contributed by atoms with Gasteiger partial charge in [0.2, 0.25) is 0 Å². The van der Waals surface area contributed by atoms with Gasteiger partial charge in [-0.15, -0.1) is 0 Å². The van der Waals surface area contributed by atoms with Gasteiger partial charge in [0, 0.05) is 36.3 Å². The first-order valence-electron chi connectivity index (χ1n) is 9.74. The molecular formula is C23H25N5O2. The minimum Gasteiger partial charge on any atom is -0.493 e. The molecule has 4 aromatic rings. The maximum Gasteiger partial charge on any atom is 0.162 e. The number of nitrogens with zero attached hydrogens (tertiary/aromatic N) is 4. The van der Waals surface area contributed by atoms with Gasteiger partial charge in [-0.2, -0.15) is 5.10 Å². The minimum absolute atomic E-state index is 0.0345. The average molecular weight is 403 g/mol. The van der Waals surface area contributed by atoms with Gasteiger partial charge in [-0.25, -0.2) is 9.97 Å². The van der Waals surface area contributed by atoms with Crippen molar-refractivity contribution in [3.8, 4) is 22.6 Å². The molecule has 0 aliphatic rings. The van der Waals surface area contributed by atoms with E-state index in [-0.39, 0.29) is 6.04 Å². The van der Waals surface area contributed by atoms with Crippen molar-refractivity contribution in [3.63, 3.8) is 0 Å². The monoisotopic (exact) mass is 403 g/mol. The number of fused-ring (bicyclic) bond motifs is 1. The van der Waals surface area contributed by atoms with Crippen LogP contribution < -0.4 is 14.8 Å². The number of rotatable bonds is 6. The van der Waals surface area contributed by atoms with Crippen LogP contribution in [0.2, 0.25) is 0 Å². The van der Waals surface area contributed by atoms with Crippen molar-refractivity contribution in [1.82, 2.24) is 19.7 Å². The Morgan fingerprint density at radius 2 is 1.77 bits per heavy atom. The maximum absolute atomic E-state index is 5.47. The summed E-state index contributed by atoms with van der Waals surface area (Å²) in [6.07, 6.45) is 3.89. The smallest absolute Gasteiger partial charge is 0.162 e. The van der Waals surface area contributed by atoms with Gasteiger partial charge < -0.3 is 14.8 Å². The van der Waals surface area contributed by atoms with Gasteiger partial charge in [-0.3, -0.25) is 4.68 Å². The van der Waals surface area contributed by atoms with Crippen molar-refractivity contribution < 1.29 is 9.47 Å². The van der Waals surface area contributed by atoms with Gasteiger partial charge in [-0.05, 0) is 37.1 Å². The highest BCUT2D eigenvalue weighted by molar-refractivity contribution is 5.92. The molecule has 0 radical (unpaired) electrons. The van der Waals surface area contributed by atoms with Crippen LogP contribution in [0, 0.1) is 6.92 Å². The SMILES string of the molecule is COc1cc2nc(C)nc(N[C@H](C)c3cccc(-c4cnn(C)c4)c3)c2cc1OC. The van der Waals surface area contributed by atoms with Crippen molar-refractivity contribution in [2.24, 2.45) is 7.05 Å². The van der Waals surface area contributed by atoms with Crippen molar-refractivity contribution >= 4 is 16.7 Å². The Morgan fingerprint density at radius 1 is 1.00 bits per heavy atom. The Hall–Kier alpha value is -3.61. The highest BCUT2D eigenvalue weighted by Crippen LogP contribution is 2.35. The van der Waals surface area contributed by atoms with Crippen LogP contribution in [0.25, 0.3) is 22.0 Å². The minimum atomic E-state index is 0.0345. The van der Waals surface area contributed by atoms with Crippen LogP contribution in [-0.4, -0.2) is 34.0 Å². The lowest BCUT2D eigenvalue weighted by Crippen LogP contribution is -2.10. The molecule has 1 atom stereocenters. The molecule has 2 aromatic heterocycles. The second kappa shape index (κ2) is 8.02. The average Bonchev–Trinajstić information content (AvgIpc) is 3.19. The molecule has 0 unspecified atom stereocenters. The van der Waals surface area contributed by atoms with E-state index in [2.05, 4.69) is 51.6 Å². The van der Waals surface area contributed by atoms with E-state index in [0.29, 0.717) is 17.3 Å². The van der Waals surface area contributed by atoms with Crippen LogP contribution >= 0.6 is 0 Å². The Bertz CT molecular complexity index is 1200. The third-order valence-corrected chi connectivity index (χ3v) is 5.09. The zero-order valence-corrected chi connectivity index (χ0v) is 17.8. The van der Waals surface area contributed by atoms with Crippen molar-refractivity contribution in [1.29, 1.82) is 0 Å². The molecular weight excluding hydrogens is 378 g/mol. The molecule has 4 rings (SSSR count). The fourth-order valence-corrected chi connectivity index (χ4v) is 3.53. The largest absolute Gasteiger partial charge is 0.493 e. The van der Waals surface area contributed by atoms with E-state index in [0.717, 1.165) is 33.4 Å². The van der Waals surface area contributed by atoms with Gasteiger partial charge in [0.25, 0.3) is 0 Å². The predicted molar refractivity (Wildman–Crippen MR) is 118 cm³/mol. The Morgan fingerprint density at radius 3 is 2.47 bits per heavy atom. The fraction of sp³-hybridized carbons (Fsp3) is 0.261. The third kappa shape index (κ3) is 3.78. The quantitative estimate of drug-likeness (QED) is 0.510. The summed E-state index contributed by atoms with van der Waals surface area (Å²) in [6, 6.07) is 12.3. The standard InChI is InChI=1S/C23H25N5O2/c1-14(16-7-6-8-17(9-16)18-12-24-28(3)13-18)25-23-19-10-21(29-4)22(30-5)11-20(19)26-15(2)27-23/h6-14H,1-5H3,(H,25,26,27)/t14-/m1/s1. The summed E-state index contributed by atoms with van der Waals surface area (Å²) in [5.74, 6) is 2.74. The van der Waals surface area contributed by atoms with Crippen molar-refractivity contribution in [2.75, 3.05) is 19.5 Å². The molecule has 0 bridgehead atoms. The van der Waals surface area contributed by atoms with E-state index in [1.54, 1.807) is 18.9 Å². The van der Waals surface area contributed by atoms with Crippen LogP contribution in [0.1, 0.15) is 24.4 Å². The van der Waals surface area contributed by atoms with Crippen LogP contribution in [0.15, 0.2) is 48.8 Å². The molecule has 0 saturated carbocycles. The van der Waals surface area contributed by atoms with Gasteiger partial charge >= 0.3 is 0 Å². The van der Waals surface area contributed by atoms with Crippen LogP contribution in [0.5, 0.6) is 11.5 Å². The molecule has 30 heavy (non-hydrogen) atoms. The summed E-state index contributed by atoms with van der Waals surface area (Å²) in [5.41, 5.74) is 4.18. The third-order valence-electron chi connectivity index (χ3n) is 5.09. The molecule has 0 saturated heterocycles. The van der Waals surface area contributed by atoms with Crippen LogP contribution in [0.4, 0.5) is 5.82 Å². The van der Waals surface area contributed by atoms with Crippen LogP contribution in [-0.2, 0) is 7.05 Å². The second-order valence-electron chi connectivity index (χ2n) is 7.24. The van der Waals surface area contributed by atoms with E-state index < -0.39 is 0 Å². The topological polar surface area (TPSA) is 74.1 Å². The van der Waals surface area contributed by atoms with Gasteiger partial charge in [0.05, 0.1) is 25.9 Å². The zero-order valence-electron chi connectivity index (χ0n) is 17.8. The molecule has 7 heteroatoms. The summed E-state index contributed by atoms with van der Waals surface area (Å²) in [4.78, 5) is 9.21. The number of hydrogen-bond donors (Lipinski definition) is 1. The number of aromatic nitrogens is 4. The first kappa shape index (κ1) is 19.7. The zero-order chi connectivity index (χ0) is 21.3. The number of anilines is 1. The normalized spacial score (nSPS) is 12.0. The molecule has 0 amide bonds. The van der Waals surface area contributed by atoms with E-state index in [9.17, 15) is 0 Å². The first-order chi connectivity index (χ1) is 14.5. The lowest BCUT2D eigenvalue weighted by Gasteiger charge is -2.18. The predicted octanol–water partition coefficient (Wildman–Crippen LogP) is 4.53. The van der Waals surface area contributed by atoms with Crippen molar-refractivity contribution in [2.45, 2.75) is 19.9 Å². The summed E-state index contributed by atoms with van der Waals surface area (Å²) in [7, 11) is 5.16. The molecule has 154 valence electrons. The van der Waals surface area contributed by atoms with Gasteiger partial charge in [0.1, 0.15) is 11.6 Å². The lowest BCUT2D eigenvalue weighted by atomic mass is 10.0. The van der Waals surface area contributed by atoms with E-state index in [4.69, 9.17) is 9.47 Å². The molecule has 1 N–H and O–H groups in total. The van der Waals surface area contributed by atoms with E-state index >= 15 is 0 Å². The van der Waals surface area contributed by atoms with E-state index in [1.807, 2.05) is 38.5 Å². The Labute approximate surface area is 175 Å². The number of ether oxygens (including phenoxy) is 2. The highest BCUT2D eigenvalue weighted by atomic mass is 16.5. The number of nitrogens with one attached hydrogen (secondary N) is 1. The van der Waals surface area contributed by atoms with Gasteiger partial charge in [-0.1, -0.05) is 18.2 Å². The highest BCUT2D eigenvalue weighted by Gasteiger charge is 2.15. The van der Waals surface area contributed by atoms with Crippen molar-refractivity contribution in [3.05, 3.63) is 60.2 Å². The summed E-state index contributed by atoms with van der Waals surface area (Å²) in [5, 5.41) is 8.70. The summed E-state index contributed by atoms with van der Waals surface area (Å²) < 4.78 is 12.7. The van der Waals surface area contributed by atoms with E-state index in [1.165, 1.54) is 0 Å². The first-order valence-corrected chi connectivity index (χ1v) is 9.74. The molecule has 0 spiro atoms. The lowest BCUT2D eigenvalue weighted by molar-refractivity contribution is 0.356. The number of benzene rings is 2. The number of hydrogen-bond acceptors (Lipinski definition) is 6. The summed E-state index contributed by atoms with van der Waals surface area (Å²) >= 11 is 0. The number of methoxy groups -OCH3 is 2.